The highest BCUT2D eigenvalue weighted by Gasteiger charge is 1.83. The summed E-state index contributed by atoms with van der Waals surface area (Å²) in [7, 11) is 0. The smallest absolute Gasteiger partial charge is 0.120 e. The van der Waals surface area contributed by atoms with E-state index in [1.54, 1.807) is 0 Å². The molecule has 0 saturated carbocycles. The van der Waals surface area contributed by atoms with Crippen LogP contribution in [0.5, 0.6) is 0 Å². The molecule has 0 aliphatic carbocycles. The molecule has 5 heteroatoms. The van der Waals surface area contributed by atoms with Gasteiger partial charge in [0.2, 0.25) is 0 Å². The maximum Gasteiger partial charge on any atom is 0.120 e. The summed E-state index contributed by atoms with van der Waals surface area (Å²) in [6, 6.07) is 0. The maximum absolute atomic E-state index is 9.76. The lowest BCUT2D eigenvalue weighted by atomic mass is 10.3. The van der Waals surface area contributed by atoms with E-state index in [1.807, 2.05) is 0 Å². The van der Waals surface area contributed by atoms with Crippen LogP contribution in [-0.4, -0.2) is 21.6 Å². The standard InChI is InChI=1S/C4H9NO3S/c6-4-2-1-3-5-9(7)8/h4-5H,1-3H2,(H,7,8)/p-1. The first-order valence-electron chi connectivity index (χ1n) is 2.53. The van der Waals surface area contributed by atoms with Crippen molar-refractivity contribution in [1.29, 1.82) is 0 Å². The Morgan fingerprint density at radius 2 is 2.33 bits per heavy atom. The lowest BCUT2D eigenvalue weighted by molar-refractivity contribution is -0.107. The average molecular weight is 150 g/mol. The second kappa shape index (κ2) is 5.87. The van der Waals surface area contributed by atoms with Crippen LogP contribution in [-0.2, 0) is 16.1 Å². The highest BCUT2D eigenvalue weighted by Crippen LogP contribution is 1.80. The Hall–Kier alpha value is -0.260. The van der Waals surface area contributed by atoms with E-state index < -0.39 is 11.3 Å². The molecule has 0 aliphatic heterocycles. The Balaban J connectivity index is 2.91. The summed E-state index contributed by atoms with van der Waals surface area (Å²) >= 11 is -2.18. The topological polar surface area (TPSA) is 69.2 Å². The van der Waals surface area contributed by atoms with Crippen molar-refractivity contribution in [1.82, 2.24) is 4.72 Å². The second-order valence-electron chi connectivity index (χ2n) is 1.44. The van der Waals surface area contributed by atoms with E-state index in [0.29, 0.717) is 19.4 Å². The van der Waals surface area contributed by atoms with Gasteiger partial charge < -0.3 is 9.35 Å². The molecule has 1 unspecified atom stereocenters. The summed E-state index contributed by atoms with van der Waals surface area (Å²) in [5.74, 6) is 0. The molecule has 0 amide bonds. The van der Waals surface area contributed by atoms with Gasteiger partial charge in [-0.2, -0.15) is 0 Å². The van der Waals surface area contributed by atoms with Crippen molar-refractivity contribution in [2.75, 3.05) is 6.54 Å². The zero-order valence-corrected chi connectivity index (χ0v) is 5.65. The number of hydrogen-bond donors (Lipinski definition) is 1. The number of aldehydes is 1. The van der Waals surface area contributed by atoms with Crippen LogP contribution in [0, 0.1) is 0 Å². The van der Waals surface area contributed by atoms with Gasteiger partial charge in [0, 0.05) is 24.2 Å². The molecule has 0 spiro atoms. The molecule has 0 fully saturated rings. The minimum absolute atomic E-state index is 0.342. The number of unbranched alkanes of at least 4 members (excludes halogenated alkanes) is 1. The molecule has 0 aromatic carbocycles. The SMILES string of the molecule is O=CCCCNS(=O)[O-]. The normalized spacial score (nSPS) is 13.0. The lowest BCUT2D eigenvalue weighted by Gasteiger charge is -2.03. The van der Waals surface area contributed by atoms with Crippen molar-refractivity contribution in [3.8, 4) is 0 Å². The van der Waals surface area contributed by atoms with Crippen LogP contribution in [0.3, 0.4) is 0 Å². The van der Waals surface area contributed by atoms with Gasteiger partial charge in [0.05, 0.1) is 0 Å². The molecular weight excluding hydrogens is 142 g/mol. The van der Waals surface area contributed by atoms with Crippen molar-refractivity contribution in [3.05, 3.63) is 0 Å². The first kappa shape index (κ1) is 8.74. The van der Waals surface area contributed by atoms with Crippen LogP contribution in [0.15, 0.2) is 0 Å². The molecule has 0 aromatic heterocycles. The van der Waals surface area contributed by atoms with Crippen LogP contribution in [0.2, 0.25) is 0 Å². The minimum atomic E-state index is -2.18. The predicted octanol–water partition coefficient (Wildman–Crippen LogP) is -0.651. The highest BCUT2D eigenvalue weighted by molar-refractivity contribution is 7.77. The minimum Gasteiger partial charge on any atom is -0.760 e. The van der Waals surface area contributed by atoms with E-state index >= 15 is 0 Å². The maximum atomic E-state index is 9.76. The molecule has 0 rings (SSSR count). The zero-order chi connectivity index (χ0) is 7.11. The van der Waals surface area contributed by atoms with E-state index in [2.05, 4.69) is 4.72 Å². The summed E-state index contributed by atoms with van der Waals surface area (Å²) in [6.45, 7) is 0.342. The average Bonchev–Trinajstić information content (AvgIpc) is 1.80. The summed E-state index contributed by atoms with van der Waals surface area (Å²) < 4.78 is 21.7. The van der Waals surface area contributed by atoms with Gasteiger partial charge in [0.1, 0.15) is 6.29 Å². The van der Waals surface area contributed by atoms with Crippen LogP contribution in [0.25, 0.3) is 0 Å². The van der Waals surface area contributed by atoms with Gasteiger partial charge in [0.25, 0.3) is 0 Å². The third-order valence-corrected chi connectivity index (χ3v) is 1.16. The molecule has 4 nitrogen and oxygen atoms in total. The lowest BCUT2D eigenvalue weighted by Crippen LogP contribution is -2.17. The number of carbonyl (C=O) groups excluding carboxylic acids is 1. The molecule has 1 N–H and O–H groups in total. The van der Waals surface area contributed by atoms with Crippen LogP contribution >= 0.6 is 0 Å². The summed E-state index contributed by atoms with van der Waals surface area (Å²) in [5.41, 5.74) is 0. The summed E-state index contributed by atoms with van der Waals surface area (Å²) in [5, 5.41) is 0. The van der Waals surface area contributed by atoms with Crippen molar-refractivity contribution in [2.45, 2.75) is 12.8 Å². The molecule has 1 atom stereocenters. The molecular formula is C4H8NO3S-. The molecule has 9 heavy (non-hydrogen) atoms. The van der Waals surface area contributed by atoms with E-state index in [-0.39, 0.29) is 0 Å². The molecule has 0 aliphatic rings. The summed E-state index contributed by atoms with van der Waals surface area (Å²) in [4.78, 5) is 9.67. The monoisotopic (exact) mass is 150 g/mol. The molecule has 0 aromatic rings. The molecule has 54 valence electrons. The van der Waals surface area contributed by atoms with Gasteiger partial charge >= 0.3 is 0 Å². The number of hydrogen-bond acceptors (Lipinski definition) is 3. The first-order valence-corrected chi connectivity index (χ1v) is 3.61. The predicted molar refractivity (Wildman–Crippen MR) is 32.2 cm³/mol. The van der Waals surface area contributed by atoms with Gasteiger partial charge in [-0.25, -0.2) is 4.72 Å². The summed E-state index contributed by atoms with van der Waals surface area (Å²) in [6.07, 6.45) is 1.73. The van der Waals surface area contributed by atoms with Crippen molar-refractivity contribution in [3.63, 3.8) is 0 Å². The van der Waals surface area contributed by atoms with Crippen LogP contribution < -0.4 is 4.72 Å². The Morgan fingerprint density at radius 1 is 1.67 bits per heavy atom. The van der Waals surface area contributed by atoms with Crippen LogP contribution in [0.1, 0.15) is 12.8 Å². The van der Waals surface area contributed by atoms with Gasteiger partial charge in [-0.05, 0) is 6.42 Å². The third kappa shape index (κ3) is 7.74. The molecule has 0 radical (unpaired) electrons. The van der Waals surface area contributed by atoms with Gasteiger partial charge in [-0.1, -0.05) is 0 Å². The number of carbonyl (C=O) groups is 1. The quantitative estimate of drug-likeness (QED) is 0.321. The number of nitrogens with one attached hydrogen (secondary N) is 1. The van der Waals surface area contributed by atoms with E-state index in [0.717, 1.165) is 6.29 Å². The fourth-order valence-electron chi connectivity index (χ4n) is 0.341. The highest BCUT2D eigenvalue weighted by atomic mass is 32.2. The largest absolute Gasteiger partial charge is 0.760 e. The second-order valence-corrected chi connectivity index (χ2v) is 2.20. The van der Waals surface area contributed by atoms with Crippen molar-refractivity contribution < 1.29 is 13.6 Å². The van der Waals surface area contributed by atoms with Crippen LogP contribution in [0.4, 0.5) is 0 Å². The first-order chi connectivity index (χ1) is 4.27. The zero-order valence-electron chi connectivity index (χ0n) is 4.83. The van der Waals surface area contributed by atoms with Gasteiger partial charge in [0.15, 0.2) is 0 Å². The van der Waals surface area contributed by atoms with E-state index in [4.69, 9.17) is 0 Å². The molecule has 0 saturated heterocycles. The van der Waals surface area contributed by atoms with Crippen molar-refractivity contribution >= 4 is 17.6 Å². The number of rotatable bonds is 5. The fourth-order valence-corrected chi connectivity index (χ4v) is 0.652. The third-order valence-electron chi connectivity index (χ3n) is 0.719. The Bertz CT molecular complexity index is 106. The van der Waals surface area contributed by atoms with Gasteiger partial charge in [-0.15, -0.1) is 0 Å². The molecule has 0 bridgehead atoms. The Morgan fingerprint density at radius 3 is 2.78 bits per heavy atom. The van der Waals surface area contributed by atoms with Gasteiger partial charge in [-0.3, -0.25) is 4.21 Å². The van der Waals surface area contributed by atoms with E-state index in [1.165, 1.54) is 0 Å². The van der Waals surface area contributed by atoms with E-state index in [9.17, 15) is 13.6 Å². The molecule has 0 heterocycles. The van der Waals surface area contributed by atoms with Crippen molar-refractivity contribution in [2.24, 2.45) is 0 Å². The fraction of sp³-hybridized carbons (Fsp3) is 0.750. The Labute approximate surface area is 56.1 Å². The Kier molecular flexibility index (Phi) is 5.70.